The molecule has 2 aromatic heterocycles. The van der Waals surface area contributed by atoms with Gasteiger partial charge in [0.2, 0.25) is 11.7 Å². The first-order valence-electron chi connectivity index (χ1n) is 5.05. The summed E-state index contributed by atoms with van der Waals surface area (Å²) in [4.78, 5) is 7.19. The summed E-state index contributed by atoms with van der Waals surface area (Å²) in [5.41, 5.74) is 0. The fraction of sp³-hybridized carbons (Fsp3) is 0.400. The van der Waals surface area contributed by atoms with Gasteiger partial charge in [-0.15, -0.1) is 11.3 Å². The summed E-state index contributed by atoms with van der Waals surface area (Å²) in [6.45, 7) is 1.25. The molecule has 0 aliphatic carbocycles. The molecule has 2 rings (SSSR count). The fourth-order valence-corrected chi connectivity index (χ4v) is 2.68. The molecule has 0 fully saturated rings. The number of hydrogen-bond donors (Lipinski definition) is 1. The number of hydrogen-bond acceptors (Lipinski definition) is 6. The molecule has 0 aromatic carbocycles. The molecule has 5 nitrogen and oxygen atoms in total. The molecule has 0 saturated heterocycles. The van der Waals surface area contributed by atoms with Crippen LogP contribution >= 0.6 is 27.3 Å². The standard InChI is InChI=1S/C10H12BrN3O2S/c1-14(2-3-15)5-9-12-10(13-16-9)8-4-7(11)6-17-8/h4,6,15H,2-3,5H2,1H3. The van der Waals surface area contributed by atoms with E-state index < -0.39 is 0 Å². The van der Waals surface area contributed by atoms with Gasteiger partial charge in [-0.25, -0.2) is 0 Å². The fourth-order valence-electron chi connectivity index (χ4n) is 1.33. The Morgan fingerprint density at radius 3 is 3.06 bits per heavy atom. The number of rotatable bonds is 5. The van der Waals surface area contributed by atoms with Crippen molar-refractivity contribution >= 4 is 27.3 Å². The van der Waals surface area contributed by atoms with E-state index in [1.54, 1.807) is 11.3 Å². The molecule has 0 amide bonds. The van der Waals surface area contributed by atoms with E-state index in [1.807, 2.05) is 23.4 Å². The lowest BCUT2D eigenvalue weighted by Gasteiger charge is -2.10. The minimum Gasteiger partial charge on any atom is -0.395 e. The molecule has 7 heteroatoms. The zero-order chi connectivity index (χ0) is 12.3. The molecule has 0 atom stereocenters. The van der Waals surface area contributed by atoms with Gasteiger partial charge in [-0.05, 0) is 29.0 Å². The zero-order valence-corrected chi connectivity index (χ0v) is 11.7. The Morgan fingerprint density at radius 1 is 1.59 bits per heavy atom. The van der Waals surface area contributed by atoms with Crippen LogP contribution in [0.15, 0.2) is 20.4 Å². The highest BCUT2D eigenvalue weighted by Gasteiger charge is 2.11. The molecule has 0 aliphatic rings. The third-order valence-electron chi connectivity index (χ3n) is 2.14. The second-order valence-electron chi connectivity index (χ2n) is 3.60. The van der Waals surface area contributed by atoms with Crippen LogP contribution in [0.2, 0.25) is 0 Å². The van der Waals surface area contributed by atoms with Gasteiger partial charge in [-0.1, -0.05) is 5.16 Å². The minimum absolute atomic E-state index is 0.120. The molecule has 92 valence electrons. The lowest BCUT2D eigenvalue weighted by molar-refractivity contribution is 0.200. The van der Waals surface area contributed by atoms with Crippen LogP contribution in [0.25, 0.3) is 10.7 Å². The molecule has 0 unspecified atom stereocenters. The molecule has 0 radical (unpaired) electrons. The largest absolute Gasteiger partial charge is 0.395 e. The SMILES string of the molecule is CN(CCO)Cc1nc(-c2cc(Br)cs2)no1. The van der Waals surface area contributed by atoms with Crippen LogP contribution < -0.4 is 0 Å². The first-order valence-corrected chi connectivity index (χ1v) is 6.72. The van der Waals surface area contributed by atoms with Gasteiger partial charge in [0.05, 0.1) is 18.0 Å². The van der Waals surface area contributed by atoms with Gasteiger partial charge in [-0.3, -0.25) is 4.90 Å². The highest BCUT2D eigenvalue weighted by atomic mass is 79.9. The van der Waals surface area contributed by atoms with Crippen LogP contribution in [0.3, 0.4) is 0 Å². The molecule has 0 spiro atoms. The Hall–Kier alpha value is -0.760. The van der Waals surface area contributed by atoms with Crippen molar-refractivity contribution in [2.24, 2.45) is 0 Å². The minimum atomic E-state index is 0.120. The van der Waals surface area contributed by atoms with E-state index in [4.69, 9.17) is 9.63 Å². The van der Waals surface area contributed by atoms with E-state index in [0.717, 1.165) is 9.35 Å². The first kappa shape index (κ1) is 12.7. The van der Waals surface area contributed by atoms with E-state index in [0.29, 0.717) is 24.8 Å². The number of likely N-dealkylation sites (N-methyl/N-ethyl adjacent to an activating group) is 1. The lowest BCUT2D eigenvalue weighted by atomic mass is 10.4. The summed E-state index contributed by atoms with van der Waals surface area (Å²) in [5.74, 6) is 1.16. The van der Waals surface area contributed by atoms with Crippen LogP contribution in [0.5, 0.6) is 0 Å². The van der Waals surface area contributed by atoms with Gasteiger partial charge >= 0.3 is 0 Å². The van der Waals surface area contributed by atoms with Crippen LogP contribution in [-0.2, 0) is 6.54 Å². The average Bonchev–Trinajstić information content (AvgIpc) is 2.87. The molecule has 0 bridgehead atoms. The van der Waals surface area contributed by atoms with Crippen LogP contribution in [0, 0.1) is 0 Å². The normalized spacial score (nSPS) is 11.3. The maximum atomic E-state index is 8.79. The Kier molecular flexibility index (Phi) is 4.27. The Bertz CT molecular complexity index is 485. The molecular formula is C10H12BrN3O2S. The van der Waals surface area contributed by atoms with Crippen molar-refractivity contribution in [3.8, 4) is 10.7 Å². The second-order valence-corrected chi connectivity index (χ2v) is 5.43. The van der Waals surface area contributed by atoms with Crippen molar-refractivity contribution < 1.29 is 9.63 Å². The highest BCUT2D eigenvalue weighted by Crippen LogP contribution is 2.27. The summed E-state index contributed by atoms with van der Waals surface area (Å²) < 4.78 is 6.17. The van der Waals surface area contributed by atoms with Crippen LogP contribution in [0.4, 0.5) is 0 Å². The van der Waals surface area contributed by atoms with Gasteiger partial charge in [0.25, 0.3) is 0 Å². The predicted molar refractivity (Wildman–Crippen MR) is 68.7 cm³/mol. The second kappa shape index (κ2) is 5.72. The molecule has 0 aliphatic heterocycles. The summed E-state index contributed by atoms with van der Waals surface area (Å²) in [6.07, 6.45) is 0. The monoisotopic (exact) mass is 317 g/mol. The first-order chi connectivity index (χ1) is 8.19. The highest BCUT2D eigenvalue weighted by molar-refractivity contribution is 9.10. The van der Waals surface area contributed by atoms with Gasteiger partial charge < -0.3 is 9.63 Å². The smallest absolute Gasteiger partial charge is 0.241 e. The number of halogens is 1. The molecular weight excluding hydrogens is 306 g/mol. The molecule has 0 saturated carbocycles. The van der Waals surface area contributed by atoms with Crippen molar-refractivity contribution in [2.75, 3.05) is 20.2 Å². The molecule has 1 N–H and O–H groups in total. The molecule has 2 heterocycles. The van der Waals surface area contributed by atoms with E-state index in [2.05, 4.69) is 26.1 Å². The van der Waals surface area contributed by atoms with Crippen molar-refractivity contribution in [3.05, 3.63) is 21.8 Å². The molecule has 2 aromatic rings. The maximum absolute atomic E-state index is 8.79. The topological polar surface area (TPSA) is 62.4 Å². The van der Waals surface area contributed by atoms with E-state index in [1.165, 1.54) is 0 Å². The predicted octanol–water partition coefficient (Wildman–Crippen LogP) is 1.98. The van der Waals surface area contributed by atoms with Gasteiger partial charge in [0, 0.05) is 16.4 Å². The van der Waals surface area contributed by atoms with Crippen LogP contribution in [0.1, 0.15) is 5.89 Å². The maximum Gasteiger partial charge on any atom is 0.241 e. The number of aromatic nitrogens is 2. The number of nitrogens with zero attached hydrogens (tertiary/aromatic N) is 3. The van der Waals surface area contributed by atoms with Crippen LogP contribution in [-0.4, -0.2) is 40.3 Å². The van der Waals surface area contributed by atoms with Crippen molar-refractivity contribution in [3.63, 3.8) is 0 Å². The number of aliphatic hydroxyl groups excluding tert-OH is 1. The average molecular weight is 318 g/mol. The third-order valence-corrected chi connectivity index (χ3v) is 3.83. The van der Waals surface area contributed by atoms with E-state index in [-0.39, 0.29) is 6.61 Å². The van der Waals surface area contributed by atoms with E-state index in [9.17, 15) is 0 Å². The summed E-state index contributed by atoms with van der Waals surface area (Å²) in [7, 11) is 1.89. The summed E-state index contributed by atoms with van der Waals surface area (Å²) >= 11 is 4.94. The lowest BCUT2D eigenvalue weighted by Crippen LogP contribution is -2.21. The van der Waals surface area contributed by atoms with Gasteiger partial charge in [-0.2, -0.15) is 4.98 Å². The summed E-state index contributed by atoms with van der Waals surface area (Å²) in [6, 6.07) is 1.96. The van der Waals surface area contributed by atoms with Crippen molar-refractivity contribution in [1.29, 1.82) is 0 Å². The summed E-state index contributed by atoms with van der Waals surface area (Å²) in [5, 5.41) is 14.7. The number of aliphatic hydroxyl groups is 1. The Balaban J connectivity index is 2.05. The zero-order valence-electron chi connectivity index (χ0n) is 9.26. The molecule has 17 heavy (non-hydrogen) atoms. The third kappa shape index (κ3) is 3.35. The quantitative estimate of drug-likeness (QED) is 0.913. The Morgan fingerprint density at radius 2 is 2.41 bits per heavy atom. The van der Waals surface area contributed by atoms with Crippen molar-refractivity contribution in [1.82, 2.24) is 15.0 Å². The Labute approximate surface area is 111 Å². The van der Waals surface area contributed by atoms with Crippen molar-refractivity contribution in [2.45, 2.75) is 6.54 Å². The van der Waals surface area contributed by atoms with Gasteiger partial charge in [0.1, 0.15) is 0 Å². The van der Waals surface area contributed by atoms with Gasteiger partial charge in [0.15, 0.2) is 0 Å². The van der Waals surface area contributed by atoms with E-state index >= 15 is 0 Å². The number of thiophene rings is 1.